The van der Waals surface area contributed by atoms with Crippen molar-refractivity contribution in [3.8, 4) is 0 Å². The van der Waals surface area contributed by atoms with Crippen LogP contribution in [0.15, 0.2) is 30.5 Å². The third-order valence-corrected chi connectivity index (χ3v) is 4.60. The molecule has 1 aliphatic rings. The van der Waals surface area contributed by atoms with E-state index in [1.807, 2.05) is 0 Å². The molecular formula is C18H18ClF3N4O. The van der Waals surface area contributed by atoms with Crippen molar-refractivity contribution in [3.63, 3.8) is 0 Å². The van der Waals surface area contributed by atoms with Crippen LogP contribution in [0.5, 0.6) is 0 Å². The molecule has 0 bridgehead atoms. The maximum atomic E-state index is 13.2. The average Bonchev–Trinajstić information content (AvgIpc) is 2.63. The Hall–Kier alpha value is -2.35. The fourth-order valence-corrected chi connectivity index (χ4v) is 3.20. The maximum absolute atomic E-state index is 13.2. The van der Waals surface area contributed by atoms with Crippen LogP contribution in [0.2, 0.25) is 5.02 Å². The molecule has 2 N–H and O–H groups in total. The lowest BCUT2D eigenvalue weighted by molar-refractivity contribution is -0.136. The molecule has 0 spiro atoms. The Balaban J connectivity index is 1.77. The summed E-state index contributed by atoms with van der Waals surface area (Å²) in [6.45, 7) is 0. The molecule has 1 fully saturated rings. The fourth-order valence-electron chi connectivity index (χ4n) is 3.03. The Bertz CT molecular complexity index is 822. The van der Waals surface area contributed by atoms with Crippen molar-refractivity contribution in [3.05, 3.63) is 46.7 Å². The number of carbonyl (C=O) groups excluding carboxylic acids is 1. The van der Waals surface area contributed by atoms with E-state index >= 15 is 0 Å². The van der Waals surface area contributed by atoms with Crippen LogP contribution in [0.4, 0.5) is 24.8 Å². The summed E-state index contributed by atoms with van der Waals surface area (Å²) in [6.07, 6.45) is 1.87. The minimum atomic E-state index is -4.59. The van der Waals surface area contributed by atoms with Gasteiger partial charge in [-0.3, -0.25) is 4.79 Å². The van der Waals surface area contributed by atoms with E-state index in [4.69, 9.17) is 11.6 Å². The summed E-state index contributed by atoms with van der Waals surface area (Å²) >= 11 is 5.67. The number of alkyl halides is 3. The van der Waals surface area contributed by atoms with Gasteiger partial charge in [0.05, 0.1) is 11.3 Å². The van der Waals surface area contributed by atoms with Gasteiger partial charge in [0, 0.05) is 17.3 Å². The van der Waals surface area contributed by atoms with Crippen molar-refractivity contribution in [1.29, 1.82) is 0 Å². The zero-order chi connectivity index (χ0) is 19.4. The largest absolute Gasteiger partial charge is 0.418 e. The van der Waals surface area contributed by atoms with E-state index in [1.54, 1.807) is 0 Å². The number of hydrogen-bond acceptors (Lipinski definition) is 4. The molecule has 1 aromatic carbocycles. The number of carbonyl (C=O) groups is 1. The highest BCUT2D eigenvalue weighted by atomic mass is 35.5. The lowest BCUT2D eigenvalue weighted by atomic mass is 9.95. The number of rotatable bonds is 4. The van der Waals surface area contributed by atoms with Crippen LogP contribution in [-0.2, 0) is 6.18 Å². The van der Waals surface area contributed by atoms with E-state index in [0.29, 0.717) is 0 Å². The van der Waals surface area contributed by atoms with Crippen LogP contribution < -0.4 is 10.6 Å². The molecular weight excluding hydrogens is 381 g/mol. The predicted octanol–water partition coefficient (Wildman–Crippen LogP) is 4.95. The van der Waals surface area contributed by atoms with Gasteiger partial charge in [0.2, 0.25) is 5.95 Å². The standard InChI is InChI=1S/C18H18ClF3N4O/c19-11-6-7-14(13(10-11)18(20,21)22)25-17-23-9-8-15(26-17)16(27)24-12-4-2-1-3-5-12/h6-10,12H,1-5H2,(H,24,27)(H,23,25,26). The number of amides is 1. The van der Waals surface area contributed by atoms with E-state index < -0.39 is 11.7 Å². The van der Waals surface area contributed by atoms with E-state index in [9.17, 15) is 18.0 Å². The summed E-state index contributed by atoms with van der Waals surface area (Å²) < 4.78 is 39.6. The van der Waals surface area contributed by atoms with Gasteiger partial charge in [-0.05, 0) is 37.1 Å². The van der Waals surface area contributed by atoms with Crippen molar-refractivity contribution in [2.75, 3.05) is 5.32 Å². The fraction of sp³-hybridized carbons (Fsp3) is 0.389. The van der Waals surface area contributed by atoms with E-state index in [2.05, 4.69) is 20.6 Å². The van der Waals surface area contributed by atoms with Crippen molar-refractivity contribution in [1.82, 2.24) is 15.3 Å². The van der Waals surface area contributed by atoms with Crippen LogP contribution in [0.25, 0.3) is 0 Å². The number of halogens is 4. The first-order valence-electron chi connectivity index (χ1n) is 8.60. The highest BCUT2D eigenvalue weighted by Gasteiger charge is 2.34. The van der Waals surface area contributed by atoms with Gasteiger partial charge in [-0.25, -0.2) is 9.97 Å². The zero-order valence-corrected chi connectivity index (χ0v) is 15.1. The molecule has 1 heterocycles. The Kier molecular flexibility index (Phi) is 5.84. The Labute approximate surface area is 159 Å². The van der Waals surface area contributed by atoms with Crippen molar-refractivity contribution >= 4 is 29.1 Å². The minimum Gasteiger partial charge on any atom is -0.348 e. The molecule has 27 heavy (non-hydrogen) atoms. The second-order valence-electron chi connectivity index (χ2n) is 6.39. The zero-order valence-electron chi connectivity index (χ0n) is 14.3. The average molecular weight is 399 g/mol. The monoisotopic (exact) mass is 398 g/mol. The third kappa shape index (κ3) is 5.09. The van der Waals surface area contributed by atoms with Gasteiger partial charge in [-0.2, -0.15) is 13.2 Å². The first kappa shape index (κ1) is 19.4. The molecule has 9 heteroatoms. The quantitative estimate of drug-likeness (QED) is 0.764. The third-order valence-electron chi connectivity index (χ3n) is 4.36. The predicted molar refractivity (Wildman–Crippen MR) is 96.1 cm³/mol. The second-order valence-corrected chi connectivity index (χ2v) is 6.82. The molecule has 144 valence electrons. The van der Waals surface area contributed by atoms with Gasteiger partial charge in [0.15, 0.2) is 0 Å². The molecule has 1 aromatic heterocycles. The summed E-state index contributed by atoms with van der Waals surface area (Å²) in [5.74, 6) is -0.460. The molecule has 3 rings (SSSR count). The minimum absolute atomic E-state index is 0.0330. The van der Waals surface area contributed by atoms with E-state index in [0.717, 1.165) is 38.2 Å². The molecule has 2 aromatic rings. The summed E-state index contributed by atoms with van der Waals surface area (Å²) in [5, 5.41) is 5.41. The molecule has 0 unspecified atom stereocenters. The maximum Gasteiger partial charge on any atom is 0.418 e. The smallest absolute Gasteiger partial charge is 0.348 e. The van der Waals surface area contributed by atoms with Gasteiger partial charge in [0.1, 0.15) is 5.69 Å². The molecule has 0 aliphatic heterocycles. The van der Waals surface area contributed by atoms with Crippen LogP contribution >= 0.6 is 11.6 Å². The summed E-state index contributed by atoms with van der Waals surface area (Å²) in [5.41, 5.74) is -1.08. The van der Waals surface area contributed by atoms with Crippen LogP contribution in [0.3, 0.4) is 0 Å². The Morgan fingerprint density at radius 2 is 1.89 bits per heavy atom. The van der Waals surface area contributed by atoms with Crippen molar-refractivity contribution < 1.29 is 18.0 Å². The molecule has 0 saturated heterocycles. The van der Waals surface area contributed by atoms with Crippen LogP contribution in [-0.4, -0.2) is 21.9 Å². The summed E-state index contributed by atoms with van der Waals surface area (Å²) in [4.78, 5) is 20.3. The van der Waals surface area contributed by atoms with Crippen LogP contribution in [0, 0.1) is 0 Å². The number of benzene rings is 1. The van der Waals surface area contributed by atoms with Crippen molar-refractivity contribution in [2.24, 2.45) is 0 Å². The summed E-state index contributed by atoms with van der Waals surface area (Å²) in [7, 11) is 0. The molecule has 1 aliphatic carbocycles. The topological polar surface area (TPSA) is 66.9 Å². The summed E-state index contributed by atoms with van der Waals surface area (Å²) in [6, 6.07) is 4.88. The van der Waals surface area contributed by atoms with Gasteiger partial charge in [-0.1, -0.05) is 30.9 Å². The van der Waals surface area contributed by atoms with Gasteiger partial charge < -0.3 is 10.6 Å². The van der Waals surface area contributed by atoms with Gasteiger partial charge in [0.25, 0.3) is 5.91 Å². The van der Waals surface area contributed by atoms with E-state index in [-0.39, 0.29) is 34.3 Å². The SMILES string of the molecule is O=C(NC1CCCCC1)c1ccnc(Nc2ccc(Cl)cc2C(F)(F)F)n1. The highest BCUT2D eigenvalue weighted by molar-refractivity contribution is 6.30. The second kappa shape index (κ2) is 8.12. The van der Waals surface area contributed by atoms with Gasteiger partial charge in [-0.15, -0.1) is 0 Å². The van der Waals surface area contributed by atoms with Crippen molar-refractivity contribution in [2.45, 2.75) is 44.3 Å². The molecule has 1 saturated carbocycles. The molecule has 1 amide bonds. The Morgan fingerprint density at radius 3 is 2.59 bits per heavy atom. The first-order chi connectivity index (χ1) is 12.8. The van der Waals surface area contributed by atoms with E-state index in [1.165, 1.54) is 24.4 Å². The number of hydrogen-bond donors (Lipinski definition) is 2. The molecule has 0 radical (unpaired) electrons. The lowest BCUT2D eigenvalue weighted by Gasteiger charge is -2.22. The first-order valence-corrected chi connectivity index (χ1v) is 8.98. The molecule has 0 atom stereocenters. The normalized spacial score (nSPS) is 15.4. The number of aromatic nitrogens is 2. The number of nitrogens with zero attached hydrogens (tertiary/aromatic N) is 2. The molecule has 5 nitrogen and oxygen atoms in total. The van der Waals surface area contributed by atoms with Gasteiger partial charge >= 0.3 is 6.18 Å². The number of nitrogens with one attached hydrogen (secondary N) is 2. The van der Waals surface area contributed by atoms with Crippen LogP contribution in [0.1, 0.15) is 48.2 Å². The Morgan fingerprint density at radius 1 is 1.15 bits per heavy atom. The lowest BCUT2D eigenvalue weighted by Crippen LogP contribution is -2.36. The highest BCUT2D eigenvalue weighted by Crippen LogP contribution is 2.37. The number of anilines is 2.